The van der Waals surface area contributed by atoms with Crippen molar-refractivity contribution in [1.29, 1.82) is 0 Å². The number of nitro benzene ring substituents is 1. The first kappa shape index (κ1) is 17.5. The zero-order valence-corrected chi connectivity index (χ0v) is 14.3. The topological polar surface area (TPSA) is 99.0 Å². The number of nitro groups is 1. The monoisotopic (exact) mass is 389 g/mol. The number of benzene rings is 2. The van der Waals surface area contributed by atoms with Crippen LogP contribution in [0.3, 0.4) is 0 Å². The molecule has 0 aliphatic carbocycles. The van der Waals surface area contributed by atoms with Gasteiger partial charge in [0.05, 0.1) is 17.7 Å². The van der Waals surface area contributed by atoms with E-state index in [0.717, 1.165) is 6.54 Å². The highest BCUT2D eigenvalue weighted by Crippen LogP contribution is 2.24. The molecule has 7 nitrogen and oxygen atoms in total. The van der Waals surface area contributed by atoms with Gasteiger partial charge in [-0.15, -0.1) is 0 Å². The third-order valence-corrected chi connectivity index (χ3v) is 3.67. The molecule has 1 heterocycles. The normalized spacial score (nSPS) is 9.71. The van der Waals surface area contributed by atoms with Gasteiger partial charge in [-0.25, -0.2) is 0 Å². The summed E-state index contributed by atoms with van der Waals surface area (Å²) in [6.07, 6.45) is 3.63. The highest BCUT2D eigenvalue weighted by molar-refractivity contribution is 9.10. The number of anilines is 1. The van der Waals surface area contributed by atoms with E-state index < -0.39 is 4.92 Å². The van der Waals surface area contributed by atoms with Crippen molar-refractivity contribution in [3.8, 4) is 0 Å². The molecule has 0 saturated carbocycles. The molecular formula is C16H16BrN5O2. The molecule has 0 spiro atoms. The summed E-state index contributed by atoms with van der Waals surface area (Å²) in [5.74, 6) is 0. The molecule has 24 heavy (non-hydrogen) atoms. The molecule has 0 aliphatic heterocycles. The maximum atomic E-state index is 10.2. The first-order valence-electron chi connectivity index (χ1n) is 7.03. The van der Waals surface area contributed by atoms with E-state index in [9.17, 15) is 10.1 Å². The molecule has 8 heteroatoms. The fourth-order valence-electron chi connectivity index (χ4n) is 1.76. The molecule has 124 valence electrons. The van der Waals surface area contributed by atoms with E-state index in [1.807, 2.05) is 30.5 Å². The van der Waals surface area contributed by atoms with Gasteiger partial charge in [0.2, 0.25) is 0 Å². The van der Waals surface area contributed by atoms with E-state index in [4.69, 9.17) is 5.73 Å². The van der Waals surface area contributed by atoms with Crippen LogP contribution in [-0.4, -0.2) is 14.8 Å². The fourth-order valence-corrected chi connectivity index (χ4v) is 2.13. The number of rotatable bonds is 4. The lowest BCUT2D eigenvalue weighted by atomic mass is 10.2. The molecular weight excluding hydrogens is 374 g/mol. The van der Waals surface area contributed by atoms with Crippen LogP contribution < -0.4 is 11.2 Å². The Bertz CT molecular complexity index is 778. The van der Waals surface area contributed by atoms with E-state index in [1.54, 1.807) is 11.0 Å². The number of halogens is 1. The van der Waals surface area contributed by atoms with Crippen molar-refractivity contribution in [1.82, 2.24) is 9.89 Å². The van der Waals surface area contributed by atoms with Crippen LogP contribution in [0.1, 0.15) is 5.56 Å². The fraction of sp³-hybridized carbons (Fsp3) is 0.0625. The summed E-state index contributed by atoms with van der Waals surface area (Å²) in [6.45, 7) is 0.794. The minimum absolute atomic E-state index is 0.0334. The van der Waals surface area contributed by atoms with E-state index >= 15 is 0 Å². The molecule has 3 aromatic rings. The van der Waals surface area contributed by atoms with E-state index in [2.05, 4.69) is 38.6 Å². The predicted octanol–water partition coefficient (Wildman–Crippen LogP) is 3.57. The molecule has 0 fully saturated rings. The lowest BCUT2D eigenvalue weighted by molar-refractivity contribution is -0.384. The molecule has 0 unspecified atom stereocenters. The predicted molar refractivity (Wildman–Crippen MR) is 96.9 cm³/mol. The van der Waals surface area contributed by atoms with E-state index in [-0.39, 0.29) is 5.69 Å². The second-order valence-corrected chi connectivity index (χ2v) is 5.59. The Hall–Kier alpha value is -2.87. The number of nitrogens with one attached hydrogen (secondary N) is 1. The standard InChI is InChI=1S/C10H11N3.C6H5BrN2O2/c1-2-5-10(6-3-1)9-12-13-8-4-7-11-13;7-5-3-4(9(10)11)1-2-6(5)8/h1-8,12H,9H2;1-3H,8H2. The zero-order valence-electron chi connectivity index (χ0n) is 12.7. The number of hydrogen-bond acceptors (Lipinski definition) is 5. The third kappa shape index (κ3) is 5.40. The van der Waals surface area contributed by atoms with Crippen molar-refractivity contribution < 1.29 is 4.92 Å². The molecule has 3 N–H and O–H groups in total. The molecule has 0 saturated heterocycles. The van der Waals surface area contributed by atoms with Crippen LogP contribution in [0.15, 0.2) is 71.5 Å². The van der Waals surface area contributed by atoms with Gasteiger partial charge in [-0.2, -0.15) is 9.89 Å². The minimum Gasteiger partial charge on any atom is -0.398 e. The molecule has 0 amide bonds. The molecule has 1 aromatic heterocycles. The van der Waals surface area contributed by atoms with Crippen LogP contribution in [0.4, 0.5) is 11.4 Å². The van der Waals surface area contributed by atoms with Gasteiger partial charge in [0.25, 0.3) is 5.69 Å². The molecule has 0 bridgehead atoms. The Kier molecular flexibility index (Phi) is 6.32. The second kappa shape index (κ2) is 8.68. The van der Waals surface area contributed by atoms with Gasteiger partial charge in [-0.05, 0) is 33.6 Å². The average Bonchev–Trinajstić information content (AvgIpc) is 3.10. The first-order valence-corrected chi connectivity index (χ1v) is 7.82. The van der Waals surface area contributed by atoms with Crippen LogP contribution in [0.25, 0.3) is 0 Å². The second-order valence-electron chi connectivity index (χ2n) is 4.73. The van der Waals surface area contributed by atoms with Crippen molar-refractivity contribution in [2.45, 2.75) is 6.54 Å². The summed E-state index contributed by atoms with van der Waals surface area (Å²) < 4.78 is 0.548. The summed E-state index contributed by atoms with van der Waals surface area (Å²) >= 11 is 3.08. The van der Waals surface area contributed by atoms with Crippen LogP contribution in [0.5, 0.6) is 0 Å². The van der Waals surface area contributed by atoms with Crippen molar-refractivity contribution in [2.24, 2.45) is 0 Å². The van der Waals surface area contributed by atoms with Crippen molar-refractivity contribution >= 4 is 27.3 Å². The largest absolute Gasteiger partial charge is 0.398 e. The lowest BCUT2D eigenvalue weighted by Gasteiger charge is -2.04. The summed E-state index contributed by atoms with van der Waals surface area (Å²) in [7, 11) is 0. The van der Waals surface area contributed by atoms with Gasteiger partial charge in [-0.3, -0.25) is 10.1 Å². The maximum Gasteiger partial charge on any atom is 0.270 e. The van der Waals surface area contributed by atoms with E-state index in [1.165, 1.54) is 23.8 Å². The van der Waals surface area contributed by atoms with Gasteiger partial charge in [0.1, 0.15) is 0 Å². The summed E-state index contributed by atoms with van der Waals surface area (Å²) in [4.78, 5) is 11.4. The van der Waals surface area contributed by atoms with Gasteiger partial charge >= 0.3 is 0 Å². The van der Waals surface area contributed by atoms with Crippen LogP contribution in [0, 0.1) is 10.1 Å². The third-order valence-electron chi connectivity index (χ3n) is 2.99. The Balaban J connectivity index is 0.000000177. The summed E-state index contributed by atoms with van der Waals surface area (Å²) in [6, 6.07) is 16.3. The number of nitrogen functional groups attached to an aromatic ring is 1. The number of non-ortho nitro benzene ring substituents is 1. The number of nitrogens with zero attached hydrogens (tertiary/aromatic N) is 3. The molecule has 0 radical (unpaired) electrons. The number of nitrogens with two attached hydrogens (primary N) is 1. The quantitative estimate of drug-likeness (QED) is 0.403. The highest BCUT2D eigenvalue weighted by atomic mass is 79.9. The van der Waals surface area contributed by atoms with Crippen LogP contribution in [-0.2, 0) is 6.54 Å². The molecule has 0 atom stereocenters. The lowest BCUT2D eigenvalue weighted by Crippen LogP contribution is -2.14. The van der Waals surface area contributed by atoms with Crippen LogP contribution >= 0.6 is 15.9 Å². The van der Waals surface area contributed by atoms with Gasteiger partial charge in [0.15, 0.2) is 0 Å². The van der Waals surface area contributed by atoms with Gasteiger partial charge < -0.3 is 11.2 Å². The molecule has 2 aromatic carbocycles. The molecule has 3 rings (SSSR count). The summed E-state index contributed by atoms with van der Waals surface area (Å²) in [5, 5.41) is 14.2. The van der Waals surface area contributed by atoms with Crippen LogP contribution in [0.2, 0.25) is 0 Å². The Morgan fingerprint density at radius 2 is 1.96 bits per heavy atom. The Labute approximate surface area is 147 Å². The zero-order chi connectivity index (χ0) is 17.4. The first-order chi connectivity index (χ1) is 11.6. The van der Waals surface area contributed by atoms with E-state index in [0.29, 0.717) is 10.2 Å². The minimum atomic E-state index is -0.468. The summed E-state index contributed by atoms with van der Waals surface area (Å²) in [5.41, 5.74) is 10.3. The van der Waals surface area contributed by atoms with Crippen molar-refractivity contribution in [2.75, 3.05) is 11.2 Å². The number of hydrogen-bond donors (Lipinski definition) is 2. The molecule has 0 aliphatic rings. The SMILES string of the molecule is Nc1ccc([N+](=O)[O-])cc1Br.c1ccc(CNn2cccn2)cc1. The Morgan fingerprint density at radius 3 is 2.54 bits per heavy atom. The van der Waals surface area contributed by atoms with Crippen molar-refractivity contribution in [3.63, 3.8) is 0 Å². The smallest absolute Gasteiger partial charge is 0.270 e. The van der Waals surface area contributed by atoms with Crippen molar-refractivity contribution in [3.05, 3.63) is 87.1 Å². The van der Waals surface area contributed by atoms with Gasteiger partial charge in [-0.1, -0.05) is 30.3 Å². The maximum absolute atomic E-state index is 10.2. The Morgan fingerprint density at radius 1 is 1.21 bits per heavy atom. The highest BCUT2D eigenvalue weighted by Gasteiger charge is 2.06. The average molecular weight is 390 g/mol. The number of aromatic nitrogens is 2. The van der Waals surface area contributed by atoms with Gasteiger partial charge in [0, 0.05) is 28.5 Å².